The van der Waals surface area contributed by atoms with Crippen LogP contribution in [-0.4, -0.2) is 4.98 Å². The van der Waals surface area contributed by atoms with Crippen LogP contribution in [0.2, 0.25) is 0 Å². The van der Waals surface area contributed by atoms with E-state index in [1.165, 1.54) is 36.4 Å². The van der Waals surface area contributed by atoms with Gasteiger partial charge in [-0.1, -0.05) is 0 Å². The molecule has 0 atom stereocenters. The third-order valence-electron chi connectivity index (χ3n) is 2.59. The zero-order valence-corrected chi connectivity index (χ0v) is 9.15. The van der Waals surface area contributed by atoms with Crippen LogP contribution in [-0.2, 0) is 0 Å². The van der Waals surface area contributed by atoms with Crippen molar-refractivity contribution in [2.75, 3.05) is 5.73 Å². The molecule has 0 amide bonds. The summed E-state index contributed by atoms with van der Waals surface area (Å²) in [5.41, 5.74) is 7.25. The third-order valence-corrected chi connectivity index (χ3v) is 2.59. The molecule has 0 spiro atoms. The fourth-order valence-electron chi connectivity index (χ4n) is 1.74. The van der Waals surface area contributed by atoms with Crippen molar-refractivity contribution in [1.82, 2.24) is 4.98 Å². The summed E-state index contributed by atoms with van der Waals surface area (Å²) >= 11 is 0. The molecule has 2 aromatic carbocycles. The highest BCUT2D eigenvalue weighted by atomic mass is 19.1. The van der Waals surface area contributed by atoms with Crippen molar-refractivity contribution >= 4 is 16.8 Å². The van der Waals surface area contributed by atoms with Crippen molar-refractivity contribution in [2.45, 2.75) is 0 Å². The van der Waals surface area contributed by atoms with E-state index in [4.69, 9.17) is 10.2 Å². The first-order chi connectivity index (χ1) is 8.63. The molecule has 0 unspecified atom stereocenters. The Hall–Kier alpha value is -2.43. The van der Waals surface area contributed by atoms with E-state index in [2.05, 4.69) is 4.98 Å². The van der Waals surface area contributed by atoms with Crippen molar-refractivity contribution in [2.24, 2.45) is 0 Å². The quantitative estimate of drug-likeness (QED) is 0.670. The Kier molecular flexibility index (Phi) is 2.26. The molecule has 5 heteroatoms. The lowest BCUT2D eigenvalue weighted by Crippen LogP contribution is -1.91. The number of nitrogens with zero attached hydrogens (tertiary/aromatic N) is 1. The van der Waals surface area contributed by atoms with Gasteiger partial charge in [-0.15, -0.1) is 0 Å². The molecule has 3 rings (SSSR count). The molecule has 0 bridgehead atoms. The van der Waals surface area contributed by atoms with Gasteiger partial charge in [-0.3, -0.25) is 0 Å². The average Bonchev–Trinajstić information content (AvgIpc) is 2.71. The second kappa shape index (κ2) is 3.80. The van der Waals surface area contributed by atoms with Gasteiger partial charge in [0.25, 0.3) is 0 Å². The zero-order valence-electron chi connectivity index (χ0n) is 9.15. The van der Waals surface area contributed by atoms with Crippen LogP contribution in [0.15, 0.2) is 40.8 Å². The minimum Gasteiger partial charge on any atom is -0.436 e. The Morgan fingerprint density at radius 2 is 1.72 bits per heavy atom. The Labute approximate surface area is 101 Å². The minimum atomic E-state index is -0.432. The van der Waals surface area contributed by atoms with Gasteiger partial charge in [-0.2, -0.15) is 0 Å². The highest BCUT2D eigenvalue weighted by Gasteiger charge is 2.12. The molecule has 1 aromatic heterocycles. The molecule has 0 fully saturated rings. The van der Waals surface area contributed by atoms with Gasteiger partial charge in [0.15, 0.2) is 5.58 Å². The number of nitrogen functional groups attached to an aromatic ring is 1. The smallest absolute Gasteiger partial charge is 0.229 e. The van der Waals surface area contributed by atoms with Gasteiger partial charge in [0.2, 0.25) is 5.89 Å². The number of hydrogen-bond donors (Lipinski definition) is 1. The predicted octanol–water partition coefficient (Wildman–Crippen LogP) is 3.36. The van der Waals surface area contributed by atoms with Gasteiger partial charge < -0.3 is 10.2 Å². The molecule has 0 aliphatic heterocycles. The summed E-state index contributed by atoms with van der Waals surface area (Å²) in [5, 5.41) is 0. The van der Waals surface area contributed by atoms with E-state index in [-0.39, 0.29) is 11.6 Å². The maximum absolute atomic E-state index is 13.0. The van der Waals surface area contributed by atoms with Crippen molar-refractivity contribution in [3.63, 3.8) is 0 Å². The first kappa shape index (κ1) is 10.7. The lowest BCUT2D eigenvalue weighted by Gasteiger charge is -2.00. The fraction of sp³-hybridized carbons (Fsp3) is 0. The molecule has 0 radical (unpaired) electrons. The number of fused-ring (bicyclic) bond motifs is 1. The molecular formula is C13H8F2N2O. The summed E-state index contributed by atoms with van der Waals surface area (Å²) in [6, 6.07) is 7.96. The fourth-order valence-corrected chi connectivity index (χ4v) is 1.74. The van der Waals surface area contributed by atoms with E-state index < -0.39 is 11.6 Å². The molecule has 18 heavy (non-hydrogen) atoms. The number of nitrogens with two attached hydrogens (primary N) is 1. The van der Waals surface area contributed by atoms with Crippen molar-refractivity contribution in [1.29, 1.82) is 0 Å². The van der Waals surface area contributed by atoms with Crippen LogP contribution in [0.5, 0.6) is 0 Å². The first-order valence-electron chi connectivity index (χ1n) is 5.25. The van der Waals surface area contributed by atoms with Crippen LogP contribution in [0.4, 0.5) is 14.5 Å². The first-order valence-corrected chi connectivity index (χ1v) is 5.25. The number of anilines is 1. The van der Waals surface area contributed by atoms with Crippen molar-refractivity contribution < 1.29 is 13.2 Å². The summed E-state index contributed by atoms with van der Waals surface area (Å²) in [7, 11) is 0. The molecule has 90 valence electrons. The van der Waals surface area contributed by atoms with E-state index in [1.807, 2.05) is 0 Å². The van der Waals surface area contributed by atoms with E-state index in [9.17, 15) is 8.78 Å². The lowest BCUT2D eigenvalue weighted by atomic mass is 10.2. The molecule has 0 saturated carbocycles. The van der Waals surface area contributed by atoms with E-state index in [0.29, 0.717) is 16.7 Å². The second-order valence-electron chi connectivity index (χ2n) is 3.86. The average molecular weight is 246 g/mol. The summed E-state index contributed by atoms with van der Waals surface area (Å²) < 4.78 is 31.4. The standard InChI is InChI=1S/C13H8F2N2O/c14-7-1-3-9(10(16)5-7)13-17-11-6-8(15)2-4-12(11)18-13/h1-6H,16H2. The third kappa shape index (κ3) is 1.69. The summed E-state index contributed by atoms with van der Waals surface area (Å²) in [6.45, 7) is 0. The summed E-state index contributed by atoms with van der Waals surface area (Å²) in [6.07, 6.45) is 0. The lowest BCUT2D eigenvalue weighted by molar-refractivity contribution is 0.612. The molecule has 0 saturated heterocycles. The topological polar surface area (TPSA) is 52.0 Å². The largest absolute Gasteiger partial charge is 0.436 e. The molecule has 3 nitrogen and oxygen atoms in total. The van der Waals surface area contributed by atoms with Gasteiger partial charge in [0.05, 0.1) is 5.56 Å². The minimum absolute atomic E-state index is 0.224. The second-order valence-corrected chi connectivity index (χ2v) is 3.86. The number of aromatic nitrogens is 1. The number of rotatable bonds is 1. The van der Waals surface area contributed by atoms with E-state index >= 15 is 0 Å². The normalized spacial score (nSPS) is 11.0. The SMILES string of the molecule is Nc1cc(F)ccc1-c1nc2cc(F)ccc2o1. The number of halogens is 2. The Bertz CT molecular complexity index is 737. The van der Waals surface area contributed by atoms with Crippen LogP contribution in [0.3, 0.4) is 0 Å². The number of oxazole rings is 1. The van der Waals surface area contributed by atoms with Gasteiger partial charge in [-0.25, -0.2) is 13.8 Å². The van der Waals surface area contributed by atoms with Crippen LogP contribution in [0, 0.1) is 11.6 Å². The van der Waals surface area contributed by atoms with Gasteiger partial charge >= 0.3 is 0 Å². The highest BCUT2D eigenvalue weighted by molar-refractivity contribution is 5.79. The Morgan fingerprint density at radius 3 is 2.50 bits per heavy atom. The monoisotopic (exact) mass is 246 g/mol. The summed E-state index contributed by atoms with van der Waals surface area (Å²) in [4.78, 5) is 4.13. The van der Waals surface area contributed by atoms with E-state index in [0.717, 1.165) is 0 Å². The summed E-state index contributed by atoms with van der Waals surface area (Å²) in [5.74, 6) is -0.582. The molecule has 3 aromatic rings. The molecule has 0 aliphatic rings. The van der Waals surface area contributed by atoms with Crippen LogP contribution < -0.4 is 5.73 Å². The van der Waals surface area contributed by atoms with Gasteiger partial charge in [0.1, 0.15) is 17.2 Å². The maximum Gasteiger partial charge on any atom is 0.229 e. The maximum atomic E-state index is 13.0. The van der Waals surface area contributed by atoms with Crippen LogP contribution in [0.1, 0.15) is 0 Å². The van der Waals surface area contributed by atoms with Crippen molar-refractivity contribution in [3.05, 3.63) is 48.0 Å². The molecule has 2 N–H and O–H groups in total. The Morgan fingerprint density at radius 1 is 1.00 bits per heavy atom. The van der Waals surface area contributed by atoms with E-state index in [1.54, 1.807) is 0 Å². The van der Waals surface area contributed by atoms with Crippen LogP contribution in [0.25, 0.3) is 22.6 Å². The molecule has 1 heterocycles. The highest BCUT2D eigenvalue weighted by Crippen LogP contribution is 2.29. The van der Waals surface area contributed by atoms with Gasteiger partial charge in [0, 0.05) is 11.8 Å². The number of benzene rings is 2. The molecular weight excluding hydrogens is 238 g/mol. The van der Waals surface area contributed by atoms with Crippen molar-refractivity contribution in [3.8, 4) is 11.5 Å². The number of hydrogen-bond acceptors (Lipinski definition) is 3. The van der Waals surface area contributed by atoms with Crippen LogP contribution >= 0.6 is 0 Å². The predicted molar refractivity (Wildman–Crippen MR) is 63.8 cm³/mol. The zero-order chi connectivity index (χ0) is 12.7. The van der Waals surface area contributed by atoms with Gasteiger partial charge in [-0.05, 0) is 30.3 Å². The Balaban J connectivity index is 2.19. The molecule has 0 aliphatic carbocycles.